The van der Waals surface area contributed by atoms with E-state index >= 15 is 0 Å². The summed E-state index contributed by atoms with van der Waals surface area (Å²) < 4.78 is 9.57. The molecule has 0 aromatic rings. The topological polar surface area (TPSA) is 69.7 Å². The number of hydrogen-bond donors (Lipinski definition) is 0. The molecule has 0 spiro atoms. The molecule has 0 bridgehead atoms. The molecule has 2 rings (SSSR count). The standard InChI is InChI=1S/C10H12O5.C2H6/c1-4-3-6(11)14-8(4)7-5(2)9(12)15-10(7)13;1-2/h4-5,7-8H,3H2,1-2H3;1-2H3. The smallest absolute Gasteiger partial charge is 0.321 e. The lowest BCUT2D eigenvalue weighted by Gasteiger charge is -2.19. The molecule has 0 radical (unpaired) electrons. The van der Waals surface area contributed by atoms with Gasteiger partial charge < -0.3 is 9.47 Å². The van der Waals surface area contributed by atoms with Crippen molar-refractivity contribution in [2.75, 3.05) is 0 Å². The van der Waals surface area contributed by atoms with E-state index in [1.165, 1.54) is 0 Å². The maximum Gasteiger partial charge on any atom is 0.321 e. The van der Waals surface area contributed by atoms with Gasteiger partial charge in [0.1, 0.15) is 12.0 Å². The predicted molar refractivity (Wildman–Crippen MR) is 58.8 cm³/mol. The molecule has 5 heteroatoms. The summed E-state index contributed by atoms with van der Waals surface area (Å²) in [7, 11) is 0. The minimum atomic E-state index is -0.626. The molecule has 0 N–H and O–H groups in total. The summed E-state index contributed by atoms with van der Waals surface area (Å²) >= 11 is 0. The van der Waals surface area contributed by atoms with Crippen LogP contribution in [0.4, 0.5) is 0 Å². The van der Waals surface area contributed by atoms with Crippen molar-refractivity contribution in [2.45, 2.75) is 40.2 Å². The highest BCUT2D eigenvalue weighted by Gasteiger charge is 2.51. The zero-order valence-corrected chi connectivity index (χ0v) is 10.6. The van der Waals surface area contributed by atoms with E-state index in [-0.39, 0.29) is 11.9 Å². The summed E-state index contributed by atoms with van der Waals surface area (Å²) in [6, 6.07) is 0. The summed E-state index contributed by atoms with van der Waals surface area (Å²) in [6.07, 6.45) is -0.207. The molecule has 0 aromatic heterocycles. The molecule has 2 aliphatic heterocycles. The number of rotatable bonds is 1. The second-order valence-electron chi connectivity index (χ2n) is 4.19. The molecule has 0 saturated carbocycles. The van der Waals surface area contributed by atoms with Gasteiger partial charge in [0.25, 0.3) is 0 Å². The number of cyclic esters (lactones) is 3. The van der Waals surface area contributed by atoms with Gasteiger partial charge in [-0.25, -0.2) is 0 Å². The van der Waals surface area contributed by atoms with Gasteiger partial charge in [-0.3, -0.25) is 14.4 Å². The molecule has 4 atom stereocenters. The average molecular weight is 242 g/mol. The Balaban J connectivity index is 0.000000686. The number of carbonyl (C=O) groups excluding carboxylic acids is 3. The zero-order chi connectivity index (χ0) is 13.2. The first-order valence-electron chi connectivity index (χ1n) is 5.95. The van der Waals surface area contributed by atoms with E-state index < -0.39 is 29.9 Å². The van der Waals surface area contributed by atoms with E-state index in [2.05, 4.69) is 4.74 Å². The van der Waals surface area contributed by atoms with E-state index in [1.807, 2.05) is 20.8 Å². The Morgan fingerprint density at radius 2 is 1.65 bits per heavy atom. The van der Waals surface area contributed by atoms with Crippen molar-refractivity contribution in [1.82, 2.24) is 0 Å². The number of carbonyl (C=O) groups is 3. The van der Waals surface area contributed by atoms with Gasteiger partial charge in [-0.15, -0.1) is 0 Å². The third-order valence-electron chi connectivity index (χ3n) is 3.05. The molecular weight excluding hydrogens is 224 g/mol. The molecule has 0 amide bonds. The van der Waals surface area contributed by atoms with Crippen molar-refractivity contribution in [3.05, 3.63) is 0 Å². The van der Waals surface area contributed by atoms with Crippen molar-refractivity contribution in [3.8, 4) is 0 Å². The van der Waals surface area contributed by atoms with Crippen LogP contribution in [0.15, 0.2) is 0 Å². The SMILES string of the molecule is CC.CC1CC(=O)OC1C1C(=O)OC(=O)C1C. The minimum Gasteiger partial charge on any atom is -0.461 e. The molecular formula is C12H18O5. The van der Waals surface area contributed by atoms with Crippen LogP contribution in [0.5, 0.6) is 0 Å². The normalized spacial score (nSPS) is 36.1. The van der Waals surface area contributed by atoms with Crippen LogP contribution < -0.4 is 0 Å². The van der Waals surface area contributed by atoms with Gasteiger partial charge in [0.05, 0.1) is 12.3 Å². The van der Waals surface area contributed by atoms with Crippen LogP contribution in [-0.2, 0) is 23.9 Å². The fourth-order valence-corrected chi connectivity index (χ4v) is 2.15. The quantitative estimate of drug-likeness (QED) is 0.512. The van der Waals surface area contributed by atoms with E-state index in [4.69, 9.17) is 4.74 Å². The van der Waals surface area contributed by atoms with Gasteiger partial charge in [0.2, 0.25) is 0 Å². The predicted octanol–water partition coefficient (Wildman–Crippen LogP) is 1.30. The van der Waals surface area contributed by atoms with Crippen molar-refractivity contribution in [3.63, 3.8) is 0 Å². The van der Waals surface area contributed by atoms with E-state index in [0.29, 0.717) is 6.42 Å². The third kappa shape index (κ3) is 2.48. The molecule has 2 aliphatic rings. The Hall–Kier alpha value is -1.39. The number of ether oxygens (including phenoxy) is 2. The van der Waals surface area contributed by atoms with E-state index in [0.717, 1.165) is 0 Å². The molecule has 0 aliphatic carbocycles. The minimum absolute atomic E-state index is 0.0385. The monoisotopic (exact) mass is 242 g/mol. The second-order valence-corrected chi connectivity index (χ2v) is 4.19. The summed E-state index contributed by atoms with van der Waals surface area (Å²) in [5, 5.41) is 0. The first kappa shape index (κ1) is 13.7. The first-order chi connectivity index (χ1) is 8.00. The Morgan fingerprint density at radius 1 is 1.06 bits per heavy atom. The number of hydrogen-bond acceptors (Lipinski definition) is 5. The Kier molecular flexibility index (Phi) is 4.26. The molecule has 2 saturated heterocycles. The van der Waals surface area contributed by atoms with Gasteiger partial charge in [-0.05, 0) is 0 Å². The summed E-state index contributed by atoms with van der Waals surface area (Å²) in [4.78, 5) is 33.6. The Morgan fingerprint density at radius 3 is 2.00 bits per heavy atom. The van der Waals surface area contributed by atoms with Crippen molar-refractivity contribution < 1.29 is 23.9 Å². The van der Waals surface area contributed by atoms with Crippen LogP contribution in [0.3, 0.4) is 0 Å². The Bertz CT molecular complexity index is 336. The molecule has 17 heavy (non-hydrogen) atoms. The molecule has 2 fully saturated rings. The van der Waals surface area contributed by atoms with Gasteiger partial charge in [0, 0.05) is 5.92 Å². The van der Waals surface area contributed by atoms with Gasteiger partial charge >= 0.3 is 17.9 Å². The molecule has 96 valence electrons. The van der Waals surface area contributed by atoms with Crippen molar-refractivity contribution >= 4 is 17.9 Å². The molecule has 2 heterocycles. The second kappa shape index (κ2) is 5.29. The fraction of sp³-hybridized carbons (Fsp3) is 0.750. The summed E-state index contributed by atoms with van der Waals surface area (Å²) in [6.45, 7) is 7.45. The van der Waals surface area contributed by atoms with Crippen LogP contribution >= 0.6 is 0 Å². The molecule has 0 aromatic carbocycles. The van der Waals surface area contributed by atoms with Crippen LogP contribution in [0.2, 0.25) is 0 Å². The summed E-state index contributed by atoms with van der Waals surface area (Å²) in [5.41, 5.74) is 0. The summed E-state index contributed by atoms with van der Waals surface area (Å²) in [5.74, 6) is -2.59. The molecule has 4 unspecified atom stereocenters. The van der Waals surface area contributed by atoms with E-state index in [9.17, 15) is 14.4 Å². The maximum atomic E-state index is 11.4. The zero-order valence-electron chi connectivity index (χ0n) is 10.6. The first-order valence-corrected chi connectivity index (χ1v) is 5.95. The lowest BCUT2D eigenvalue weighted by Crippen LogP contribution is -2.32. The van der Waals surface area contributed by atoms with Gasteiger partial charge in [0.15, 0.2) is 0 Å². The highest BCUT2D eigenvalue weighted by Crippen LogP contribution is 2.36. The average Bonchev–Trinajstić information content (AvgIpc) is 2.72. The Labute approximate surface area is 100 Å². The largest absolute Gasteiger partial charge is 0.461 e. The van der Waals surface area contributed by atoms with Crippen LogP contribution in [0, 0.1) is 17.8 Å². The van der Waals surface area contributed by atoms with Crippen molar-refractivity contribution in [1.29, 1.82) is 0 Å². The van der Waals surface area contributed by atoms with Crippen LogP contribution in [0.25, 0.3) is 0 Å². The van der Waals surface area contributed by atoms with Crippen LogP contribution in [-0.4, -0.2) is 24.0 Å². The lowest BCUT2D eigenvalue weighted by molar-refractivity contribution is -0.155. The van der Waals surface area contributed by atoms with Gasteiger partial charge in [-0.1, -0.05) is 27.7 Å². The third-order valence-corrected chi connectivity index (χ3v) is 3.05. The lowest BCUT2D eigenvalue weighted by atomic mass is 9.85. The van der Waals surface area contributed by atoms with Crippen molar-refractivity contribution in [2.24, 2.45) is 17.8 Å². The maximum absolute atomic E-state index is 11.4. The fourth-order valence-electron chi connectivity index (χ4n) is 2.15. The highest BCUT2D eigenvalue weighted by atomic mass is 16.6. The number of esters is 3. The van der Waals surface area contributed by atoms with E-state index in [1.54, 1.807) is 6.92 Å². The van der Waals surface area contributed by atoms with Crippen LogP contribution in [0.1, 0.15) is 34.1 Å². The molecule has 5 nitrogen and oxygen atoms in total. The highest BCUT2D eigenvalue weighted by molar-refractivity contribution is 5.96. The van der Waals surface area contributed by atoms with Gasteiger partial charge in [-0.2, -0.15) is 0 Å².